The minimum atomic E-state index is -0.521. The van der Waals surface area contributed by atoms with E-state index in [0.29, 0.717) is 21.5 Å². The van der Waals surface area contributed by atoms with Crippen molar-refractivity contribution in [1.82, 2.24) is 14.6 Å². The van der Waals surface area contributed by atoms with Crippen LogP contribution in [-0.2, 0) is 4.79 Å². The minimum Gasteiger partial charge on any atom is -0.317 e. The summed E-state index contributed by atoms with van der Waals surface area (Å²) in [4.78, 5) is 32.0. The molecule has 5 rings (SSSR count). The molecular formula is C24H19N7O3S. The average Bonchev–Trinajstić information content (AvgIpc) is 3.38. The van der Waals surface area contributed by atoms with Crippen molar-refractivity contribution in [3.8, 4) is 5.69 Å². The monoisotopic (exact) mass is 485 g/mol. The number of amides is 1. The van der Waals surface area contributed by atoms with Crippen molar-refractivity contribution in [3.63, 3.8) is 0 Å². The molecule has 2 aromatic heterocycles. The van der Waals surface area contributed by atoms with Crippen LogP contribution in [0.2, 0.25) is 0 Å². The molecule has 0 saturated heterocycles. The summed E-state index contributed by atoms with van der Waals surface area (Å²) in [6.07, 6.45) is 4.95. The summed E-state index contributed by atoms with van der Waals surface area (Å²) in [5.41, 5.74) is 4.78. The molecule has 2 aliphatic heterocycles. The SMILES string of the molecule is Cc1ccc([N+](=O)[O-])cc1-n1c(C)cc(/C=C2\C(=N)N3N=C(c4cccnc4)SC3=NC2=O)c1C. The van der Waals surface area contributed by atoms with E-state index in [0.717, 1.165) is 22.5 Å². The molecule has 0 aliphatic carbocycles. The molecule has 11 heteroatoms. The molecule has 1 amide bonds. The fourth-order valence-electron chi connectivity index (χ4n) is 4.01. The highest BCUT2D eigenvalue weighted by molar-refractivity contribution is 8.27. The Morgan fingerprint density at radius 1 is 1.17 bits per heavy atom. The lowest BCUT2D eigenvalue weighted by atomic mass is 10.1. The molecule has 0 bridgehead atoms. The number of non-ortho nitro benzene ring substituents is 1. The molecular weight excluding hydrogens is 466 g/mol. The van der Waals surface area contributed by atoms with Gasteiger partial charge in [-0.1, -0.05) is 6.07 Å². The number of nitro groups is 1. The van der Waals surface area contributed by atoms with Crippen LogP contribution in [0.3, 0.4) is 0 Å². The van der Waals surface area contributed by atoms with Crippen molar-refractivity contribution in [3.05, 3.63) is 92.6 Å². The highest BCUT2D eigenvalue weighted by atomic mass is 32.2. The molecule has 10 nitrogen and oxygen atoms in total. The average molecular weight is 486 g/mol. The van der Waals surface area contributed by atoms with Crippen LogP contribution in [0.4, 0.5) is 5.69 Å². The summed E-state index contributed by atoms with van der Waals surface area (Å²) < 4.78 is 1.91. The van der Waals surface area contributed by atoms with Crippen molar-refractivity contribution in [1.29, 1.82) is 5.41 Å². The summed E-state index contributed by atoms with van der Waals surface area (Å²) in [6, 6.07) is 10.2. The summed E-state index contributed by atoms with van der Waals surface area (Å²) in [6.45, 7) is 5.64. The van der Waals surface area contributed by atoms with E-state index in [1.807, 2.05) is 37.5 Å². The lowest BCUT2D eigenvalue weighted by Crippen LogP contribution is -2.35. The molecule has 35 heavy (non-hydrogen) atoms. The first-order valence-corrected chi connectivity index (χ1v) is 11.4. The van der Waals surface area contributed by atoms with Crippen molar-refractivity contribution in [2.75, 3.05) is 0 Å². The predicted octanol–water partition coefficient (Wildman–Crippen LogP) is 4.37. The summed E-state index contributed by atoms with van der Waals surface area (Å²) in [7, 11) is 0. The van der Waals surface area contributed by atoms with Crippen LogP contribution < -0.4 is 0 Å². The molecule has 3 aromatic rings. The Labute approximate surface area is 204 Å². The number of carbonyl (C=O) groups is 1. The molecule has 0 fully saturated rings. The number of carbonyl (C=O) groups excluding carboxylic acids is 1. The number of benzene rings is 1. The Balaban J connectivity index is 1.54. The van der Waals surface area contributed by atoms with Crippen molar-refractivity contribution in [2.45, 2.75) is 20.8 Å². The van der Waals surface area contributed by atoms with Gasteiger partial charge in [0.25, 0.3) is 11.6 Å². The van der Waals surface area contributed by atoms with Crippen molar-refractivity contribution < 1.29 is 9.72 Å². The molecule has 0 unspecified atom stereocenters. The lowest BCUT2D eigenvalue weighted by molar-refractivity contribution is -0.384. The molecule has 0 spiro atoms. The van der Waals surface area contributed by atoms with Crippen LogP contribution in [0.15, 0.2) is 64.5 Å². The standard InChI is InChI=1S/C24H19N7O3S/c1-13-6-7-18(31(33)34)11-20(13)29-14(2)9-17(15(29)3)10-19-21(25)30-24(27-22(19)32)35-23(28-30)16-5-4-8-26-12-16/h4-12,25H,1-3H3/b19-10+,25-21?. The molecule has 174 valence electrons. The van der Waals surface area contributed by atoms with Crippen molar-refractivity contribution in [2.24, 2.45) is 10.1 Å². The van der Waals surface area contributed by atoms with Gasteiger partial charge in [0.15, 0.2) is 5.84 Å². The number of thioether (sulfide) groups is 1. The summed E-state index contributed by atoms with van der Waals surface area (Å²) in [5, 5.41) is 26.7. The Morgan fingerprint density at radius 3 is 2.69 bits per heavy atom. The number of nitro benzene ring substituents is 1. The molecule has 1 aromatic carbocycles. The third kappa shape index (κ3) is 3.85. The number of pyridine rings is 1. The van der Waals surface area contributed by atoms with Gasteiger partial charge in [0.05, 0.1) is 16.2 Å². The normalized spacial score (nSPS) is 16.4. The minimum absolute atomic E-state index is 0.00192. The van der Waals surface area contributed by atoms with E-state index in [2.05, 4.69) is 15.1 Å². The van der Waals surface area contributed by atoms with E-state index in [9.17, 15) is 14.9 Å². The number of rotatable bonds is 4. The van der Waals surface area contributed by atoms with E-state index >= 15 is 0 Å². The van der Waals surface area contributed by atoms with Gasteiger partial charge in [0.2, 0.25) is 5.17 Å². The van der Waals surface area contributed by atoms with Gasteiger partial charge >= 0.3 is 0 Å². The number of amidine groups is 2. The van der Waals surface area contributed by atoms with Crippen LogP contribution in [-0.4, -0.2) is 41.4 Å². The largest absolute Gasteiger partial charge is 0.317 e. The van der Waals surface area contributed by atoms with Crippen LogP contribution in [0.5, 0.6) is 0 Å². The number of aromatic nitrogens is 2. The number of aryl methyl sites for hydroxylation is 2. The Morgan fingerprint density at radius 2 is 1.97 bits per heavy atom. The first kappa shape index (κ1) is 22.4. The first-order chi connectivity index (χ1) is 16.7. The highest BCUT2D eigenvalue weighted by Gasteiger charge is 2.36. The van der Waals surface area contributed by atoms with Gasteiger partial charge < -0.3 is 4.57 Å². The predicted molar refractivity (Wildman–Crippen MR) is 135 cm³/mol. The second-order valence-corrected chi connectivity index (χ2v) is 9.01. The smallest absolute Gasteiger partial charge is 0.283 e. The van der Waals surface area contributed by atoms with Crippen LogP contribution >= 0.6 is 11.8 Å². The van der Waals surface area contributed by atoms with Gasteiger partial charge in [-0.2, -0.15) is 15.1 Å². The molecule has 1 N–H and O–H groups in total. The first-order valence-electron chi connectivity index (χ1n) is 10.6. The zero-order valence-electron chi connectivity index (χ0n) is 19.0. The van der Waals surface area contributed by atoms with E-state index in [4.69, 9.17) is 5.41 Å². The number of hydrogen-bond acceptors (Lipinski definition) is 7. The number of hydrazone groups is 1. The van der Waals surface area contributed by atoms with Gasteiger partial charge in [-0.15, -0.1) is 0 Å². The molecule has 0 atom stereocenters. The highest BCUT2D eigenvalue weighted by Crippen LogP contribution is 2.32. The second-order valence-electron chi connectivity index (χ2n) is 8.06. The summed E-state index contributed by atoms with van der Waals surface area (Å²) in [5.74, 6) is -0.588. The van der Waals surface area contributed by atoms with Gasteiger partial charge in [0, 0.05) is 41.5 Å². The van der Waals surface area contributed by atoms with Crippen LogP contribution in [0.25, 0.3) is 11.8 Å². The van der Waals surface area contributed by atoms with Gasteiger partial charge in [-0.3, -0.25) is 25.3 Å². The van der Waals surface area contributed by atoms with Crippen LogP contribution in [0, 0.1) is 36.3 Å². The second kappa shape index (κ2) is 8.44. The molecule has 0 radical (unpaired) electrons. The Bertz CT molecular complexity index is 1520. The Hall–Kier alpha value is -4.38. The van der Waals surface area contributed by atoms with Crippen molar-refractivity contribution >= 4 is 45.5 Å². The zero-order valence-corrected chi connectivity index (χ0v) is 19.8. The fourth-order valence-corrected chi connectivity index (χ4v) is 4.89. The quantitative estimate of drug-likeness (QED) is 0.332. The number of hydrogen-bond donors (Lipinski definition) is 1. The molecule has 4 heterocycles. The van der Waals surface area contributed by atoms with Gasteiger partial charge in [-0.05, 0) is 67.9 Å². The Kier molecular flexibility index (Phi) is 5.40. The number of fused-ring (bicyclic) bond motifs is 1. The van der Waals surface area contributed by atoms with Gasteiger partial charge in [0.1, 0.15) is 5.04 Å². The van der Waals surface area contributed by atoms with Gasteiger partial charge in [-0.25, -0.2) is 0 Å². The fraction of sp³-hybridized carbons (Fsp3) is 0.125. The number of nitrogens with zero attached hydrogens (tertiary/aromatic N) is 6. The zero-order chi connectivity index (χ0) is 24.9. The van der Waals surface area contributed by atoms with Crippen LogP contribution in [0.1, 0.15) is 28.1 Å². The third-order valence-electron chi connectivity index (χ3n) is 5.78. The third-order valence-corrected chi connectivity index (χ3v) is 6.74. The maximum atomic E-state index is 12.9. The maximum absolute atomic E-state index is 12.9. The molecule has 0 saturated carbocycles. The lowest BCUT2D eigenvalue weighted by Gasteiger charge is -2.20. The summed E-state index contributed by atoms with van der Waals surface area (Å²) >= 11 is 1.21. The molecule has 2 aliphatic rings. The topological polar surface area (TPSA) is 130 Å². The number of nitrogens with one attached hydrogen (secondary N) is 1. The maximum Gasteiger partial charge on any atom is 0.283 e. The number of aliphatic imine (C=N–C) groups is 1. The van der Waals surface area contributed by atoms with E-state index in [1.165, 1.54) is 28.9 Å². The van der Waals surface area contributed by atoms with E-state index in [-0.39, 0.29) is 17.1 Å². The van der Waals surface area contributed by atoms with E-state index in [1.54, 1.807) is 30.6 Å². The van der Waals surface area contributed by atoms with E-state index < -0.39 is 10.8 Å².